The van der Waals surface area contributed by atoms with Gasteiger partial charge in [0.05, 0.1) is 7.11 Å². The van der Waals surface area contributed by atoms with Gasteiger partial charge in [-0.05, 0) is 35.2 Å². The Labute approximate surface area is 235 Å². The van der Waals surface area contributed by atoms with E-state index in [1.54, 1.807) is 0 Å². The van der Waals surface area contributed by atoms with E-state index in [4.69, 9.17) is 9.72 Å². The molecule has 12 heteroatoms. The highest BCUT2D eigenvalue weighted by molar-refractivity contribution is 5.80. The lowest BCUT2D eigenvalue weighted by Crippen LogP contribution is -2.42. The number of carbonyl (C=O) groups is 1. The van der Waals surface area contributed by atoms with Crippen molar-refractivity contribution < 1.29 is 9.53 Å². The molecule has 2 aromatic carbocycles. The summed E-state index contributed by atoms with van der Waals surface area (Å²) in [6.45, 7) is 4.15. The standard InChI is InChI=1S/C29H32N8O4/c1-4-6-7-12-23-30-27-25(28(39)37(18-24(38)41-3)29(40)35(27)5-2)36(23)17-19-13-15-20(16-14-19)21-10-8-9-11-22(21)26-31-33-34-32-26/h8-11,13-16H,4-7,12,17-18H2,1-3H3,(H,31,32,33,34). The molecule has 0 fully saturated rings. The van der Waals surface area contributed by atoms with Gasteiger partial charge in [0.1, 0.15) is 12.4 Å². The first kappa shape index (κ1) is 27.7. The van der Waals surface area contributed by atoms with E-state index in [0.717, 1.165) is 51.9 Å². The lowest BCUT2D eigenvalue weighted by atomic mass is 9.98. The van der Waals surface area contributed by atoms with Crippen LogP contribution in [-0.4, -0.2) is 52.4 Å². The van der Waals surface area contributed by atoms with Crippen LogP contribution in [0.25, 0.3) is 33.7 Å². The molecule has 0 aliphatic carbocycles. The van der Waals surface area contributed by atoms with Gasteiger partial charge in [-0.15, -0.1) is 10.2 Å². The van der Waals surface area contributed by atoms with Crippen LogP contribution in [0.1, 0.15) is 44.5 Å². The van der Waals surface area contributed by atoms with Crippen molar-refractivity contribution >= 4 is 17.1 Å². The van der Waals surface area contributed by atoms with Crippen LogP contribution in [0.4, 0.5) is 0 Å². The molecule has 0 aliphatic rings. The molecule has 0 bridgehead atoms. The van der Waals surface area contributed by atoms with E-state index < -0.39 is 23.8 Å². The summed E-state index contributed by atoms with van der Waals surface area (Å²) in [6.07, 6.45) is 3.62. The van der Waals surface area contributed by atoms with Gasteiger partial charge in [-0.2, -0.15) is 5.21 Å². The zero-order valence-corrected chi connectivity index (χ0v) is 23.3. The van der Waals surface area contributed by atoms with Crippen LogP contribution in [0.2, 0.25) is 0 Å². The van der Waals surface area contributed by atoms with E-state index in [1.807, 2.05) is 60.0 Å². The van der Waals surface area contributed by atoms with Crippen molar-refractivity contribution in [3.05, 3.63) is 80.8 Å². The van der Waals surface area contributed by atoms with Gasteiger partial charge in [0.25, 0.3) is 5.56 Å². The summed E-state index contributed by atoms with van der Waals surface area (Å²) in [4.78, 5) is 43.7. The second kappa shape index (κ2) is 12.1. The van der Waals surface area contributed by atoms with E-state index >= 15 is 0 Å². The van der Waals surface area contributed by atoms with Gasteiger partial charge in [0.15, 0.2) is 11.2 Å². The minimum Gasteiger partial charge on any atom is -0.468 e. The molecule has 12 nitrogen and oxygen atoms in total. The highest BCUT2D eigenvalue weighted by atomic mass is 16.5. The Bertz CT molecular complexity index is 1780. The average molecular weight is 557 g/mol. The molecule has 5 rings (SSSR count). The largest absolute Gasteiger partial charge is 0.468 e. The molecule has 0 aliphatic heterocycles. The first-order valence-electron chi connectivity index (χ1n) is 13.7. The molecule has 0 amide bonds. The van der Waals surface area contributed by atoms with E-state index in [2.05, 4.69) is 27.5 Å². The van der Waals surface area contributed by atoms with Gasteiger partial charge in [0, 0.05) is 25.1 Å². The number of nitrogens with one attached hydrogen (secondary N) is 1. The number of unbranched alkanes of at least 4 members (excludes halogenated alkanes) is 2. The number of methoxy groups -OCH3 is 1. The van der Waals surface area contributed by atoms with Crippen LogP contribution in [0, 0.1) is 0 Å². The zero-order valence-electron chi connectivity index (χ0n) is 23.3. The number of aryl methyl sites for hydroxylation is 2. The molecule has 0 saturated carbocycles. The number of rotatable bonds is 11. The van der Waals surface area contributed by atoms with Gasteiger partial charge >= 0.3 is 11.7 Å². The topological polar surface area (TPSA) is 143 Å². The Hall–Kier alpha value is -4.87. The van der Waals surface area contributed by atoms with E-state index in [-0.39, 0.29) is 0 Å². The third-order valence-corrected chi connectivity index (χ3v) is 7.15. The number of hydrogen-bond acceptors (Lipinski definition) is 8. The van der Waals surface area contributed by atoms with Crippen molar-refractivity contribution in [1.82, 2.24) is 39.3 Å². The zero-order chi connectivity index (χ0) is 28.9. The van der Waals surface area contributed by atoms with Crippen LogP contribution >= 0.6 is 0 Å². The predicted molar refractivity (Wildman–Crippen MR) is 153 cm³/mol. The first-order chi connectivity index (χ1) is 20.0. The summed E-state index contributed by atoms with van der Waals surface area (Å²) in [5, 5.41) is 14.4. The molecule has 3 aromatic heterocycles. The summed E-state index contributed by atoms with van der Waals surface area (Å²) < 4.78 is 9.00. The van der Waals surface area contributed by atoms with Crippen molar-refractivity contribution in [2.75, 3.05) is 7.11 Å². The molecular weight excluding hydrogens is 524 g/mol. The van der Waals surface area contributed by atoms with Crippen molar-refractivity contribution in [3.8, 4) is 22.5 Å². The lowest BCUT2D eigenvalue weighted by Gasteiger charge is -2.13. The van der Waals surface area contributed by atoms with Crippen molar-refractivity contribution in [3.63, 3.8) is 0 Å². The second-order valence-corrected chi connectivity index (χ2v) is 9.72. The highest BCUT2D eigenvalue weighted by Gasteiger charge is 2.22. The monoisotopic (exact) mass is 556 g/mol. The van der Waals surface area contributed by atoms with Crippen LogP contribution in [0.5, 0.6) is 0 Å². The maximum Gasteiger partial charge on any atom is 0.333 e. The van der Waals surface area contributed by atoms with Gasteiger partial charge in [-0.3, -0.25) is 14.2 Å². The number of carbonyl (C=O) groups excluding carboxylic acids is 1. The van der Waals surface area contributed by atoms with Gasteiger partial charge in [-0.1, -0.05) is 68.3 Å². The molecule has 0 unspecified atom stereocenters. The summed E-state index contributed by atoms with van der Waals surface area (Å²) in [5.74, 6) is 0.572. The van der Waals surface area contributed by atoms with E-state index in [1.165, 1.54) is 11.7 Å². The molecule has 0 spiro atoms. The number of aromatic amines is 1. The number of nitrogens with zero attached hydrogens (tertiary/aromatic N) is 7. The van der Waals surface area contributed by atoms with Crippen LogP contribution in [0.3, 0.4) is 0 Å². The van der Waals surface area contributed by atoms with Crippen LogP contribution in [0.15, 0.2) is 58.1 Å². The third-order valence-electron chi connectivity index (χ3n) is 7.15. The SMILES string of the molecule is CCCCCc1nc2c(c(=O)n(CC(=O)OC)c(=O)n2CC)n1Cc1ccc(-c2ccccc2-c2nn[nH]n2)cc1. The highest BCUT2D eigenvalue weighted by Crippen LogP contribution is 2.30. The third kappa shape index (κ3) is 5.45. The quantitative estimate of drug-likeness (QED) is 0.193. The number of fused-ring (bicyclic) bond motifs is 1. The molecule has 5 aromatic rings. The summed E-state index contributed by atoms with van der Waals surface area (Å²) in [5.41, 5.74) is 3.25. The number of ether oxygens (including phenoxy) is 1. The number of hydrogen-bond donors (Lipinski definition) is 1. The van der Waals surface area contributed by atoms with Crippen molar-refractivity contribution in [1.29, 1.82) is 0 Å². The Morgan fingerprint density at radius 3 is 2.37 bits per heavy atom. The van der Waals surface area contributed by atoms with Crippen LogP contribution < -0.4 is 11.2 Å². The van der Waals surface area contributed by atoms with E-state index in [9.17, 15) is 14.4 Å². The number of aromatic nitrogens is 8. The predicted octanol–water partition coefficient (Wildman–Crippen LogP) is 3.18. The summed E-state index contributed by atoms with van der Waals surface area (Å²) >= 11 is 0. The maximum absolute atomic E-state index is 13.7. The number of H-pyrrole nitrogens is 1. The Morgan fingerprint density at radius 1 is 0.951 bits per heavy atom. The molecule has 0 atom stereocenters. The van der Waals surface area contributed by atoms with Crippen LogP contribution in [-0.2, 0) is 35.6 Å². The average Bonchev–Trinajstić information content (AvgIpc) is 3.65. The fourth-order valence-corrected chi connectivity index (χ4v) is 5.03. The molecule has 0 radical (unpaired) electrons. The Morgan fingerprint density at radius 2 is 1.71 bits per heavy atom. The summed E-state index contributed by atoms with van der Waals surface area (Å²) in [6, 6.07) is 15.9. The normalized spacial score (nSPS) is 11.3. The van der Waals surface area contributed by atoms with Crippen molar-refractivity contribution in [2.24, 2.45) is 0 Å². The lowest BCUT2D eigenvalue weighted by molar-refractivity contribution is -0.141. The van der Waals surface area contributed by atoms with Gasteiger partial charge < -0.3 is 9.30 Å². The second-order valence-electron chi connectivity index (χ2n) is 9.72. The molecular formula is C29H32N8O4. The minimum atomic E-state index is -0.669. The molecule has 0 saturated heterocycles. The summed E-state index contributed by atoms with van der Waals surface area (Å²) in [7, 11) is 1.23. The number of imidazole rings is 1. The number of benzene rings is 2. The molecule has 41 heavy (non-hydrogen) atoms. The Balaban J connectivity index is 1.59. The van der Waals surface area contributed by atoms with Gasteiger partial charge in [0.2, 0.25) is 5.82 Å². The van der Waals surface area contributed by atoms with Gasteiger partial charge in [-0.25, -0.2) is 14.3 Å². The fraction of sp³-hybridized carbons (Fsp3) is 0.345. The van der Waals surface area contributed by atoms with E-state index in [0.29, 0.717) is 36.5 Å². The maximum atomic E-state index is 13.7. The van der Waals surface area contributed by atoms with Crippen molar-refractivity contribution in [2.45, 2.75) is 59.2 Å². The fourth-order valence-electron chi connectivity index (χ4n) is 5.03. The minimum absolute atomic E-state index is 0.299. The Kier molecular flexibility index (Phi) is 8.18. The first-order valence-corrected chi connectivity index (χ1v) is 13.7. The molecule has 1 N–H and O–H groups in total. The smallest absolute Gasteiger partial charge is 0.333 e. The molecule has 3 heterocycles. The number of esters is 1. The number of tetrazole rings is 1. The molecule has 212 valence electrons.